The van der Waals surface area contributed by atoms with Gasteiger partial charge in [0.25, 0.3) is 11.7 Å². The highest BCUT2D eigenvalue weighted by molar-refractivity contribution is 6.01. The molecule has 3 aromatic rings. The second-order valence-electron chi connectivity index (χ2n) is 6.43. The van der Waals surface area contributed by atoms with E-state index in [-0.39, 0.29) is 23.7 Å². The molecule has 2 aromatic carbocycles. The molecule has 0 saturated heterocycles. The zero-order chi connectivity index (χ0) is 19.3. The number of hydrogen-bond acceptors (Lipinski definition) is 5. The fourth-order valence-corrected chi connectivity index (χ4v) is 2.49. The molecule has 1 fully saturated rings. The molecule has 0 radical (unpaired) electrons. The molecule has 1 saturated carbocycles. The minimum absolute atomic E-state index is 0.0373. The number of aromatic nitrogens is 4. The van der Waals surface area contributed by atoms with Gasteiger partial charge in [0.1, 0.15) is 0 Å². The van der Waals surface area contributed by atoms with E-state index in [0.29, 0.717) is 11.4 Å². The number of amides is 2. The van der Waals surface area contributed by atoms with Gasteiger partial charge in [-0.2, -0.15) is 0 Å². The maximum atomic E-state index is 12.0. The molecule has 0 bridgehead atoms. The van der Waals surface area contributed by atoms with Crippen LogP contribution in [-0.2, 0) is 4.79 Å². The third-order valence-electron chi connectivity index (χ3n) is 4.12. The van der Waals surface area contributed by atoms with Gasteiger partial charge in [0.05, 0.1) is 5.69 Å². The highest BCUT2D eigenvalue weighted by atomic mass is 16.2. The van der Waals surface area contributed by atoms with E-state index in [1.165, 1.54) is 10.9 Å². The molecule has 1 aliphatic rings. The summed E-state index contributed by atoms with van der Waals surface area (Å²) in [5.74, 6) is -0.507. The summed E-state index contributed by atoms with van der Waals surface area (Å²) < 4.78 is 0. The third-order valence-corrected chi connectivity index (χ3v) is 4.12. The van der Waals surface area contributed by atoms with Crippen molar-refractivity contribution in [2.75, 3.05) is 5.32 Å². The smallest absolute Gasteiger partial charge is 0.293 e. The quantitative estimate of drug-likeness (QED) is 0.644. The second kappa shape index (κ2) is 7.83. The third kappa shape index (κ3) is 4.47. The summed E-state index contributed by atoms with van der Waals surface area (Å²) in [5, 5.41) is 17.4. The molecule has 4 rings (SSSR count). The molecule has 0 unspecified atom stereocenters. The van der Waals surface area contributed by atoms with Crippen molar-refractivity contribution in [1.82, 2.24) is 25.5 Å². The number of carbonyl (C=O) groups excluding carboxylic acids is 2. The van der Waals surface area contributed by atoms with E-state index in [0.717, 1.165) is 18.4 Å². The molecule has 0 atom stereocenters. The largest absolute Gasteiger partial charge is 0.346 e. The van der Waals surface area contributed by atoms with Crippen molar-refractivity contribution in [3.05, 3.63) is 72.1 Å². The van der Waals surface area contributed by atoms with Crippen LogP contribution in [0, 0.1) is 0 Å². The highest BCUT2D eigenvalue weighted by Crippen LogP contribution is 2.19. The normalized spacial score (nSPS) is 13.4. The topological polar surface area (TPSA) is 102 Å². The van der Waals surface area contributed by atoms with E-state index in [1.807, 2.05) is 30.3 Å². The lowest BCUT2D eigenvalue weighted by atomic mass is 10.2. The standard InChI is InChI=1S/C20H18N6O2/c27-18(13-6-14-4-2-1-3-5-14)21-15-9-11-17(12-10-15)26-24-19(23-25-26)20(28)22-16-7-8-16/h1-6,9-13,16H,7-8H2,(H,21,27)(H,22,28). The monoisotopic (exact) mass is 374 g/mol. The Labute approximate surface area is 161 Å². The van der Waals surface area contributed by atoms with Crippen molar-refractivity contribution in [2.45, 2.75) is 18.9 Å². The minimum atomic E-state index is -0.317. The van der Waals surface area contributed by atoms with Crippen LogP contribution in [0.4, 0.5) is 5.69 Å². The van der Waals surface area contributed by atoms with Gasteiger partial charge < -0.3 is 10.6 Å². The zero-order valence-electron chi connectivity index (χ0n) is 14.9. The van der Waals surface area contributed by atoms with Gasteiger partial charge in [-0.1, -0.05) is 30.3 Å². The van der Waals surface area contributed by atoms with Crippen LogP contribution in [0.25, 0.3) is 11.8 Å². The predicted molar refractivity (Wildman–Crippen MR) is 104 cm³/mol. The average Bonchev–Trinajstić information content (AvgIpc) is 3.39. The first-order chi connectivity index (χ1) is 13.7. The van der Waals surface area contributed by atoms with E-state index in [2.05, 4.69) is 26.0 Å². The van der Waals surface area contributed by atoms with Crippen LogP contribution in [0.5, 0.6) is 0 Å². The average molecular weight is 374 g/mol. The number of nitrogens with zero attached hydrogens (tertiary/aromatic N) is 4. The molecule has 1 aromatic heterocycles. The zero-order valence-corrected chi connectivity index (χ0v) is 14.9. The Morgan fingerprint density at radius 1 is 1.04 bits per heavy atom. The van der Waals surface area contributed by atoms with Crippen molar-refractivity contribution in [3.63, 3.8) is 0 Å². The Hall–Kier alpha value is -3.81. The second-order valence-corrected chi connectivity index (χ2v) is 6.43. The Balaban J connectivity index is 1.37. The Morgan fingerprint density at radius 2 is 1.79 bits per heavy atom. The lowest BCUT2D eigenvalue weighted by molar-refractivity contribution is -0.111. The summed E-state index contributed by atoms with van der Waals surface area (Å²) in [6, 6.07) is 16.8. The molecule has 8 nitrogen and oxygen atoms in total. The van der Waals surface area contributed by atoms with Crippen LogP contribution >= 0.6 is 0 Å². The first kappa shape index (κ1) is 17.6. The maximum absolute atomic E-state index is 12.0. The summed E-state index contributed by atoms with van der Waals surface area (Å²) in [7, 11) is 0. The molecule has 2 N–H and O–H groups in total. The number of hydrogen-bond donors (Lipinski definition) is 2. The van der Waals surface area contributed by atoms with Gasteiger partial charge in [0.15, 0.2) is 0 Å². The van der Waals surface area contributed by atoms with Crippen LogP contribution in [0.2, 0.25) is 0 Å². The summed E-state index contributed by atoms with van der Waals surface area (Å²) in [4.78, 5) is 25.2. The first-order valence-corrected chi connectivity index (χ1v) is 8.93. The van der Waals surface area contributed by atoms with Crippen LogP contribution < -0.4 is 10.6 Å². The van der Waals surface area contributed by atoms with Gasteiger partial charge in [-0.05, 0) is 54.0 Å². The van der Waals surface area contributed by atoms with Crippen LogP contribution in [0.15, 0.2) is 60.7 Å². The summed E-state index contributed by atoms with van der Waals surface area (Å²) in [6.45, 7) is 0. The number of carbonyl (C=O) groups is 2. The van der Waals surface area contributed by atoms with E-state index >= 15 is 0 Å². The number of nitrogens with one attached hydrogen (secondary N) is 2. The SMILES string of the molecule is O=C(C=Cc1ccccc1)Nc1ccc(-n2nnc(C(=O)NC3CC3)n2)cc1. The van der Waals surface area contributed by atoms with Crippen LogP contribution in [-0.4, -0.2) is 38.1 Å². The molecule has 0 spiro atoms. The summed E-state index contributed by atoms with van der Waals surface area (Å²) >= 11 is 0. The molecular weight excluding hydrogens is 356 g/mol. The highest BCUT2D eigenvalue weighted by Gasteiger charge is 2.25. The number of benzene rings is 2. The van der Waals surface area contributed by atoms with E-state index < -0.39 is 0 Å². The van der Waals surface area contributed by atoms with Crippen LogP contribution in [0.3, 0.4) is 0 Å². The molecule has 28 heavy (non-hydrogen) atoms. The van der Waals surface area contributed by atoms with Gasteiger partial charge in [0, 0.05) is 17.8 Å². The lowest BCUT2D eigenvalue weighted by Crippen LogP contribution is -2.26. The van der Waals surface area contributed by atoms with Crippen molar-refractivity contribution in [2.24, 2.45) is 0 Å². The minimum Gasteiger partial charge on any atom is -0.346 e. The summed E-state index contributed by atoms with van der Waals surface area (Å²) in [5.41, 5.74) is 2.22. The van der Waals surface area contributed by atoms with Crippen LogP contribution in [0.1, 0.15) is 29.0 Å². The maximum Gasteiger partial charge on any atom is 0.293 e. The van der Waals surface area contributed by atoms with Crippen molar-refractivity contribution >= 4 is 23.6 Å². The van der Waals surface area contributed by atoms with Gasteiger partial charge >= 0.3 is 0 Å². The Bertz CT molecular complexity index is 1010. The summed E-state index contributed by atoms with van der Waals surface area (Å²) in [6.07, 6.45) is 5.21. The molecule has 8 heteroatoms. The van der Waals surface area contributed by atoms with E-state index in [1.54, 1.807) is 30.3 Å². The molecule has 0 aliphatic heterocycles. The molecule has 140 valence electrons. The van der Waals surface area contributed by atoms with Gasteiger partial charge in [-0.15, -0.1) is 15.0 Å². The van der Waals surface area contributed by atoms with Crippen molar-refractivity contribution < 1.29 is 9.59 Å². The number of anilines is 1. The molecular formula is C20H18N6O2. The molecule has 1 heterocycles. The molecule has 1 aliphatic carbocycles. The fraction of sp³-hybridized carbons (Fsp3) is 0.150. The van der Waals surface area contributed by atoms with Crippen molar-refractivity contribution in [3.8, 4) is 5.69 Å². The Morgan fingerprint density at radius 3 is 2.50 bits per heavy atom. The lowest BCUT2D eigenvalue weighted by Gasteiger charge is -2.03. The molecule has 2 amide bonds. The number of tetrazole rings is 1. The van der Waals surface area contributed by atoms with Gasteiger partial charge in [-0.3, -0.25) is 9.59 Å². The van der Waals surface area contributed by atoms with E-state index in [9.17, 15) is 9.59 Å². The Kier molecular flexibility index (Phi) is 4.92. The number of rotatable bonds is 6. The van der Waals surface area contributed by atoms with E-state index in [4.69, 9.17) is 0 Å². The first-order valence-electron chi connectivity index (χ1n) is 8.93. The van der Waals surface area contributed by atoms with Crippen molar-refractivity contribution in [1.29, 1.82) is 0 Å². The van der Waals surface area contributed by atoms with Gasteiger partial charge in [-0.25, -0.2) is 0 Å². The van der Waals surface area contributed by atoms with Gasteiger partial charge in [0.2, 0.25) is 5.91 Å². The fourth-order valence-electron chi connectivity index (χ4n) is 2.49. The predicted octanol–water partition coefficient (Wildman–Crippen LogP) is 2.21.